The molecule has 0 bridgehead atoms. The number of para-hydroxylation sites is 2. The second kappa shape index (κ2) is 9.70. The molecule has 3 aliphatic rings. The molecular weight excluding hydrogens is 517 g/mol. The summed E-state index contributed by atoms with van der Waals surface area (Å²) in [6, 6.07) is 30.9. The highest BCUT2D eigenvalue weighted by Crippen LogP contribution is 2.52. The van der Waals surface area contributed by atoms with Crippen LogP contribution in [-0.4, -0.2) is 30.4 Å². The van der Waals surface area contributed by atoms with Crippen LogP contribution in [0.15, 0.2) is 109 Å². The van der Waals surface area contributed by atoms with E-state index >= 15 is 0 Å². The predicted octanol–water partition coefficient (Wildman–Crippen LogP) is 6.32. The van der Waals surface area contributed by atoms with E-state index in [9.17, 15) is 18.8 Å². The Morgan fingerprint density at radius 3 is 1.85 bits per heavy atom. The Balaban J connectivity index is 1.45. The van der Waals surface area contributed by atoms with Gasteiger partial charge in [0.05, 0.1) is 17.4 Å². The quantitative estimate of drug-likeness (QED) is 0.283. The van der Waals surface area contributed by atoms with Gasteiger partial charge < -0.3 is 4.90 Å². The van der Waals surface area contributed by atoms with E-state index < -0.39 is 29.3 Å². The molecule has 3 heterocycles. The maximum absolute atomic E-state index is 14.8. The molecule has 2 atom stereocenters. The van der Waals surface area contributed by atoms with Gasteiger partial charge in [0.1, 0.15) is 5.82 Å². The van der Waals surface area contributed by atoms with Gasteiger partial charge >= 0.3 is 6.03 Å². The largest absolute Gasteiger partial charge is 0.367 e. The molecule has 4 amide bonds. The van der Waals surface area contributed by atoms with Crippen LogP contribution < -0.4 is 14.7 Å². The van der Waals surface area contributed by atoms with Crippen molar-refractivity contribution in [2.24, 2.45) is 5.41 Å². The van der Waals surface area contributed by atoms with Gasteiger partial charge in [-0.05, 0) is 72.7 Å². The first-order valence-corrected chi connectivity index (χ1v) is 13.9. The molecule has 204 valence electrons. The monoisotopic (exact) mass is 545 g/mol. The minimum Gasteiger partial charge on any atom is -0.367 e. The van der Waals surface area contributed by atoms with E-state index in [0.29, 0.717) is 30.0 Å². The van der Waals surface area contributed by atoms with Crippen molar-refractivity contribution in [3.05, 3.63) is 126 Å². The minimum absolute atomic E-state index is 0.0723. The number of nitrogens with zero attached hydrogens (tertiary/aromatic N) is 3. The number of rotatable bonds is 3. The van der Waals surface area contributed by atoms with Crippen molar-refractivity contribution >= 4 is 34.9 Å². The van der Waals surface area contributed by atoms with Crippen LogP contribution in [0.1, 0.15) is 29.9 Å². The third-order valence-electron chi connectivity index (χ3n) is 8.85. The van der Waals surface area contributed by atoms with Crippen molar-refractivity contribution in [3.8, 4) is 0 Å². The number of amides is 4. The number of fused-ring (bicyclic) bond motifs is 4. The van der Waals surface area contributed by atoms with Gasteiger partial charge in [0.2, 0.25) is 0 Å². The van der Waals surface area contributed by atoms with Crippen LogP contribution >= 0.6 is 0 Å². The molecule has 6 nitrogen and oxygen atoms in total. The van der Waals surface area contributed by atoms with Gasteiger partial charge in [-0.3, -0.25) is 9.59 Å². The zero-order chi connectivity index (χ0) is 28.1. The zero-order valence-corrected chi connectivity index (χ0v) is 22.3. The molecule has 7 heteroatoms. The van der Waals surface area contributed by atoms with E-state index in [4.69, 9.17) is 0 Å². The number of barbiturate groups is 1. The fourth-order valence-electron chi connectivity index (χ4n) is 6.93. The highest BCUT2D eigenvalue weighted by atomic mass is 19.1. The summed E-state index contributed by atoms with van der Waals surface area (Å²) in [5.74, 6) is -1.34. The predicted molar refractivity (Wildman–Crippen MR) is 155 cm³/mol. The molecular formula is C34H28FN3O3. The Labute approximate surface area is 237 Å². The number of hydrogen-bond donors (Lipinski definition) is 0. The summed E-state index contributed by atoms with van der Waals surface area (Å²) in [5, 5.41) is 0. The average molecular weight is 546 g/mol. The first-order valence-electron chi connectivity index (χ1n) is 13.9. The van der Waals surface area contributed by atoms with E-state index in [2.05, 4.69) is 12.1 Å². The fraction of sp³-hybridized carbons (Fsp3) is 0.206. The summed E-state index contributed by atoms with van der Waals surface area (Å²) in [6.07, 6.45) is 1.37. The van der Waals surface area contributed by atoms with Gasteiger partial charge in [-0.2, -0.15) is 0 Å². The number of imide groups is 2. The normalized spacial score (nSPS) is 21.6. The molecule has 0 N–H and O–H groups in total. The minimum atomic E-state index is -1.60. The van der Waals surface area contributed by atoms with Gasteiger partial charge in [0.25, 0.3) is 11.8 Å². The Morgan fingerprint density at radius 1 is 0.707 bits per heavy atom. The summed E-state index contributed by atoms with van der Waals surface area (Å²) >= 11 is 0. The molecule has 2 fully saturated rings. The highest BCUT2D eigenvalue weighted by Gasteiger charge is 2.65. The molecule has 3 aliphatic heterocycles. The molecule has 0 saturated carbocycles. The SMILES string of the molecule is O=C1N(c2ccccc2)C(=O)C2(Cc3ccc(F)cc3N3CC[C@@H](c4ccccc4)C[C@H]32)C(=O)N1c1ccccc1. The van der Waals surface area contributed by atoms with Gasteiger partial charge in [0.15, 0.2) is 5.41 Å². The van der Waals surface area contributed by atoms with Crippen LogP contribution in [0.25, 0.3) is 0 Å². The summed E-state index contributed by atoms with van der Waals surface area (Å²) in [5.41, 5.74) is 1.78. The zero-order valence-electron chi connectivity index (χ0n) is 22.3. The first kappa shape index (κ1) is 25.2. The number of carbonyl (C=O) groups is 3. The lowest BCUT2D eigenvalue weighted by Crippen LogP contribution is -2.74. The number of halogens is 1. The van der Waals surface area contributed by atoms with Crippen molar-refractivity contribution in [2.75, 3.05) is 21.2 Å². The molecule has 4 aromatic carbocycles. The fourth-order valence-corrected chi connectivity index (χ4v) is 6.93. The van der Waals surface area contributed by atoms with Crippen molar-refractivity contribution < 1.29 is 18.8 Å². The topological polar surface area (TPSA) is 60.9 Å². The molecule has 2 saturated heterocycles. The van der Waals surface area contributed by atoms with Crippen LogP contribution in [0.2, 0.25) is 0 Å². The molecule has 0 unspecified atom stereocenters. The lowest BCUT2D eigenvalue weighted by Gasteiger charge is -2.56. The average Bonchev–Trinajstić information content (AvgIpc) is 3.01. The Hall–Kier alpha value is -4.78. The number of anilines is 3. The number of urea groups is 1. The molecule has 0 aliphatic carbocycles. The van der Waals surface area contributed by atoms with Gasteiger partial charge in [0, 0.05) is 12.2 Å². The van der Waals surface area contributed by atoms with Crippen molar-refractivity contribution in [1.29, 1.82) is 0 Å². The van der Waals surface area contributed by atoms with Crippen molar-refractivity contribution in [3.63, 3.8) is 0 Å². The highest BCUT2D eigenvalue weighted by molar-refractivity contribution is 6.39. The van der Waals surface area contributed by atoms with E-state index in [0.717, 1.165) is 27.3 Å². The summed E-state index contributed by atoms with van der Waals surface area (Å²) in [7, 11) is 0. The molecule has 4 aromatic rings. The number of piperidine rings is 1. The summed E-state index contributed by atoms with van der Waals surface area (Å²) in [6.45, 7) is 0.549. The van der Waals surface area contributed by atoms with E-state index in [-0.39, 0.29) is 18.2 Å². The van der Waals surface area contributed by atoms with Crippen molar-refractivity contribution in [2.45, 2.75) is 31.2 Å². The third kappa shape index (κ3) is 3.87. The molecule has 0 aromatic heterocycles. The van der Waals surface area contributed by atoms with Gasteiger partial charge in [-0.1, -0.05) is 72.8 Å². The van der Waals surface area contributed by atoms with Gasteiger partial charge in [-0.25, -0.2) is 19.0 Å². The third-order valence-corrected chi connectivity index (χ3v) is 8.85. The molecule has 1 spiro atoms. The Kier molecular flexibility index (Phi) is 5.96. The van der Waals surface area contributed by atoms with Crippen LogP contribution in [0, 0.1) is 11.2 Å². The second-order valence-electron chi connectivity index (χ2n) is 11.0. The summed E-state index contributed by atoms with van der Waals surface area (Å²) in [4.78, 5) is 48.1. The Morgan fingerprint density at radius 2 is 1.27 bits per heavy atom. The van der Waals surface area contributed by atoms with Crippen LogP contribution in [0.4, 0.5) is 26.2 Å². The standard InChI is InChI=1S/C34H28FN3O3/c35-26-17-16-25-22-34(30-20-24(23-10-4-1-5-11-23)18-19-36(30)29(25)21-26)31(39)37(27-12-6-2-7-13-27)33(41)38(32(34)40)28-14-8-3-9-15-28/h1-17,21,24,30H,18-20,22H2/t24-,30+/m1/s1. The van der Waals surface area contributed by atoms with Crippen molar-refractivity contribution in [1.82, 2.24) is 0 Å². The van der Waals surface area contributed by atoms with E-state index in [1.807, 2.05) is 35.2 Å². The molecule has 41 heavy (non-hydrogen) atoms. The van der Waals surface area contributed by atoms with Crippen LogP contribution in [0.3, 0.4) is 0 Å². The van der Waals surface area contributed by atoms with Crippen LogP contribution in [0.5, 0.6) is 0 Å². The lowest BCUT2D eigenvalue weighted by atomic mass is 9.63. The smallest absolute Gasteiger partial charge is 0.342 e. The lowest BCUT2D eigenvalue weighted by molar-refractivity contribution is -0.143. The molecule has 0 radical (unpaired) electrons. The number of benzene rings is 4. The molecule has 7 rings (SSSR count). The van der Waals surface area contributed by atoms with Crippen LogP contribution in [-0.2, 0) is 16.0 Å². The first-order chi connectivity index (χ1) is 20.0. The second-order valence-corrected chi connectivity index (χ2v) is 11.0. The number of carbonyl (C=O) groups excluding carboxylic acids is 3. The maximum atomic E-state index is 14.8. The number of hydrogen-bond acceptors (Lipinski definition) is 4. The van der Waals surface area contributed by atoms with Gasteiger partial charge in [-0.15, -0.1) is 0 Å². The maximum Gasteiger partial charge on any atom is 0.342 e. The van der Waals surface area contributed by atoms with E-state index in [1.165, 1.54) is 12.1 Å². The van der Waals surface area contributed by atoms with E-state index in [1.54, 1.807) is 54.6 Å². The Bertz CT molecular complexity index is 1580. The summed E-state index contributed by atoms with van der Waals surface area (Å²) < 4.78 is 14.6.